The molecule has 0 spiro atoms. The molecule has 0 bridgehead atoms. The summed E-state index contributed by atoms with van der Waals surface area (Å²) in [6, 6.07) is 0.388. The average molecular weight is 721 g/mol. The van der Waals surface area contributed by atoms with Gasteiger partial charge in [0.05, 0.1) is 12.1 Å². The van der Waals surface area contributed by atoms with Crippen molar-refractivity contribution in [2.24, 2.45) is 0 Å². The van der Waals surface area contributed by atoms with Crippen LogP contribution in [0.5, 0.6) is 0 Å². The van der Waals surface area contributed by atoms with Crippen molar-refractivity contribution in [3.8, 4) is 0 Å². The van der Waals surface area contributed by atoms with Gasteiger partial charge >= 0.3 is 6.03 Å². The Balaban J connectivity index is 1.29. The maximum atomic E-state index is 12.1. The first-order valence-corrected chi connectivity index (χ1v) is 21.6. The topological polar surface area (TPSA) is 192 Å². The number of fused-ring (bicyclic) bond motifs is 1. The summed E-state index contributed by atoms with van der Waals surface area (Å²) >= 11 is 1.90. The molecular weight excluding hydrogens is 665 g/mol. The van der Waals surface area contributed by atoms with Gasteiger partial charge in [-0.15, -0.1) is 0 Å². The SMILES string of the molecule is CS(=O)(=O)SCCNC(=O)CCCCCNC(=O)CCCCCNC(=O)CCCCCNC(=O)CCCC[C@@H]1SCC2NC(=O)NC21. The van der Waals surface area contributed by atoms with Crippen molar-refractivity contribution in [1.82, 2.24) is 31.9 Å². The Morgan fingerprint density at radius 1 is 0.681 bits per heavy atom. The normalized spacial score (nSPS) is 18.6. The van der Waals surface area contributed by atoms with Gasteiger partial charge in [0.2, 0.25) is 23.6 Å². The van der Waals surface area contributed by atoms with Crippen LogP contribution in [0.15, 0.2) is 0 Å². The third kappa shape index (κ3) is 20.7. The molecule has 6 amide bonds. The third-order valence-corrected chi connectivity index (χ3v) is 12.1. The van der Waals surface area contributed by atoms with Gasteiger partial charge in [0.25, 0.3) is 0 Å². The highest BCUT2D eigenvalue weighted by Gasteiger charge is 2.42. The second-order valence-corrected chi connectivity index (χ2v) is 18.1. The molecule has 2 aliphatic heterocycles. The molecule has 2 saturated heterocycles. The minimum atomic E-state index is -3.08. The second kappa shape index (κ2) is 24.0. The highest BCUT2D eigenvalue weighted by atomic mass is 33.1. The predicted octanol–water partition coefficient (Wildman–Crippen LogP) is 2.55. The zero-order valence-electron chi connectivity index (χ0n) is 27.9. The largest absolute Gasteiger partial charge is 0.356 e. The Morgan fingerprint density at radius 3 is 1.60 bits per heavy atom. The lowest BCUT2D eigenvalue weighted by Gasteiger charge is -2.16. The van der Waals surface area contributed by atoms with E-state index in [4.69, 9.17) is 0 Å². The number of hydrogen-bond acceptors (Lipinski definition) is 9. The van der Waals surface area contributed by atoms with E-state index >= 15 is 0 Å². The van der Waals surface area contributed by atoms with Gasteiger partial charge in [-0.05, 0) is 62.2 Å². The van der Waals surface area contributed by atoms with E-state index in [1.807, 2.05) is 11.8 Å². The van der Waals surface area contributed by atoms with E-state index in [1.54, 1.807) is 0 Å². The molecule has 0 aromatic heterocycles. The molecule has 0 aliphatic carbocycles. The van der Waals surface area contributed by atoms with Crippen LogP contribution in [0, 0.1) is 0 Å². The van der Waals surface area contributed by atoms with Crippen LogP contribution >= 0.6 is 22.6 Å². The molecule has 2 aliphatic rings. The zero-order chi connectivity index (χ0) is 34.3. The van der Waals surface area contributed by atoms with E-state index in [1.165, 1.54) is 0 Å². The number of urea groups is 1. The summed E-state index contributed by atoms with van der Waals surface area (Å²) in [5.74, 6) is 1.33. The number of carbonyl (C=O) groups is 5. The van der Waals surface area contributed by atoms with E-state index in [0.29, 0.717) is 62.9 Å². The fourth-order valence-corrected chi connectivity index (χ4v) is 8.65. The fourth-order valence-electron chi connectivity index (χ4n) is 5.46. The first kappa shape index (κ1) is 41.0. The molecule has 2 heterocycles. The first-order valence-electron chi connectivity index (χ1n) is 17.1. The molecule has 0 radical (unpaired) electrons. The van der Waals surface area contributed by atoms with Gasteiger partial charge in [0.1, 0.15) is 0 Å². The second-order valence-electron chi connectivity index (χ2n) is 12.2. The molecule has 270 valence electrons. The van der Waals surface area contributed by atoms with E-state index < -0.39 is 8.87 Å². The Kier molecular flexibility index (Phi) is 20.9. The van der Waals surface area contributed by atoms with Crippen LogP contribution in [-0.2, 0) is 28.0 Å². The van der Waals surface area contributed by atoms with Gasteiger partial charge in [-0.25, -0.2) is 13.2 Å². The Hall–Kier alpha value is -2.20. The number of nitrogens with one attached hydrogen (secondary N) is 6. The number of thioether (sulfide) groups is 1. The molecule has 2 rings (SSSR count). The summed E-state index contributed by atoms with van der Waals surface area (Å²) in [6.45, 7) is 2.14. The number of unbranched alkanes of at least 4 members (excludes halogenated alkanes) is 7. The molecule has 6 N–H and O–H groups in total. The van der Waals surface area contributed by atoms with Crippen LogP contribution in [0.2, 0.25) is 0 Å². The molecule has 0 aromatic carbocycles. The van der Waals surface area contributed by atoms with Crippen LogP contribution in [0.25, 0.3) is 0 Å². The van der Waals surface area contributed by atoms with Gasteiger partial charge in [0, 0.05) is 74.9 Å². The highest BCUT2D eigenvalue weighted by molar-refractivity contribution is 8.71. The molecular formula is C31H56N6O7S3. The zero-order valence-corrected chi connectivity index (χ0v) is 30.3. The predicted molar refractivity (Wildman–Crippen MR) is 189 cm³/mol. The van der Waals surface area contributed by atoms with Gasteiger partial charge in [-0.1, -0.05) is 25.7 Å². The van der Waals surface area contributed by atoms with Crippen LogP contribution in [0.3, 0.4) is 0 Å². The quantitative estimate of drug-likeness (QED) is 0.0421. The summed E-state index contributed by atoms with van der Waals surface area (Å²) in [6.07, 6.45) is 13.1. The summed E-state index contributed by atoms with van der Waals surface area (Å²) in [7, 11) is -2.26. The molecule has 13 nitrogen and oxygen atoms in total. The minimum absolute atomic E-state index is 0.0158. The van der Waals surface area contributed by atoms with Crippen LogP contribution < -0.4 is 31.9 Å². The lowest BCUT2D eigenvalue weighted by atomic mass is 10.0. The van der Waals surface area contributed by atoms with E-state index in [2.05, 4.69) is 31.9 Å². The van der Waals surface area contributed by atoms with Crippen molar-refractivity contribution in [3.05, 3.63) is 0 Å². The highest BCUT2D eigenvalue weighted by Crippen LogP contribution is 2.33. The summed E-state index contributed by atoms with van der Waals surface area (Å²) < 4.78 is 22.1. The summed E-state index contributed by atoms with van der Waals surface area (Å²) in [4.78, 5) is 59.3. The van der Waals surface area contributed by atoms with Gasteiger partial charge in [-0.3, -0.25) is 19.2 Å². The van der Waals surface area contributed by atoms with Crippen molar-refractivity contribution < 1.29 is 32.4 Å². The lowest BCUT2D eigenvalue weighted by Crippen LogP contribution is -2.36. The number of rotatable bonds is 27. The minimum Gasteiger partial charge on any atom is -0.356 e. The van der Waals surface area contributed by atoms with Crippen LogP contribution in [0.1, 0.15) is 103 Å². The summed E-state index contributed by atoms with van der Waals surface area (Å²) in [5, 5.41) is 17.9. The molecule has 0 aromatic rings. The van der Waals surface area contributed by atoms with Crippen LogP contribution in [0.4, 0.5) is 4.79 Å². The van der Waals surface area contributed by atoms with E-state index in [0.717, 1.165) is 99.9 Å². The fraction of sp³-hybridized carbons (Fsp3) is 0.839. The van der Waals surface area contributed by atoms with Crippen LogP contribution in [-0.4, -0.2) is 99.4 Å². The molecule has 16 heteroatoms. The average Bonchev–Trinajstić information content (AvgIpc) is 3.57. The number of hydrogen-bond donors (Lipinski definition) is 6. The lowest BCUT2D eigenvalue weighted by molar-refractivity contribution is -0.122. The Labute approximate surface area is 288 Å². The molecule has 47 heavy (non-hydrogen) atoms. The number of carbonyl (C=O) groups excluding carboxylic acids is 5. The van der Waals surface area contributed by atoms with Gasteiger partial charge in [-0.2, -0.15) is 11.8 Å². The molecule has 2 fully saturated rings. The monoisotopic (exact) mass is 720 g/mol. The Morgan fingerprint density at radius 2 is 1.13 bits per heavy atom. The van der Waals surface area contributed by atoms with Crippen molar-refractivity contribution in [2.45, 2.75) is 120 Å². The molecule has 2 unspecified atom stereocenters. The van der Waals surface area contributed by atoms with Crippen molar-refractivity contribution in [1.29, 1.82) is 0 Å². The Bertz CT molecular complexity index is 1100. The maximum absolute atomic E-state index is 12.1. The number of amides is 6. The standard InChI is InChI=1S/C31H56N6O7S3/c1-47(43,44)46-22-21-35-29(41)16-7-4-12-19-33-27(39)14-5-2-10-18-32-26(38)15-6-3-11-20-34-28(40)17-9-8-13-25-30-24(23-45-25)36-31(42)37-30/h24-25,30H,2-23H2,1H3,(H,32,38)(H,33,39)(H,34,40)(H,35,41)(H2,36,37,42)/t24?,25-,30?/m0/s1. The smallest absolute Gasteiger partial charge is 0.315 e. The van der Waals surface area contributed by atoms with Gasteiger partial charge in [0.15, 0.2) is 8.87 Å². The first-order chi connectivity index (χ1) is 22.5. The molecule has 3 atom stereocenters. The third-order valence-electron chi connectivity index (χ3n) is 8.01. The van der Waals surface area contributed by atoms with Crippen molar-refractivity contribution in [2.75, 3.05) is 43.9 Å². The maximum Gasteiger partial charge on any atom is 0.315 e. The molecule has 0 saturated carbocycles. The van der Waals surface area contributed by atoms with E-state index in [9.17, 15) is 32.4 Å². The van der Waals surface area contributed by atoms with E-state index in [-0.39, 0.29) is 41.7 Å². The van der Waals surface area contributed by atoms with Gasteiger partial charge < -0.3 is 31.9 Å². The van der Waals surface area contributed by atoms with Crippen molar-refractivity contribution in [3.63, 3.8) is 0 Å². The van der Waals surface area contributed by atoms with Crippen molar-refractivity contribution >= 4 is 61.1 Å². The summed E-state index contributed by atoms with van der Waals surface area (Å²) in [5.41, 5.74) is 0.